The smallest absolute Gasteiger partial charge is 0.322 e. The van der Waals surface area contributed by atoms with Crippen LogP contribution in [-0.2, 0) is 20.7 Å². The molecule has 0 spiro atoms. The summed E-state index contributed by atoms with van der Waals surface area (Å²) in [7, 11) is 1.26. The molecular formula is C16H27N3O6. The fraction of sp³-hybridized carbons (Fsp3) is 0.500. The summed E-state index contributed by atoms with van der Waals surface area (Å²) in [6.45, 7) is 0.604. The SMILES string of the molecule is COC(=O)[C@@H](N)Cc1ccc(O)c(O)c1.NCCCC[C@H](N)C(=O)O. The number of unbranched alkanes of at least 4 members (excludes halogenated alkanes) is 1. The Hall–Kier alpha value is -2.36. The van der Waals surface area contributed by atoms with Crippen molar-refractivity contribution < 1.29 is 29.6 Å². The van der Waals surface area contributed by atoms with Crippen molar-refractivity contribution in [3.63, 3.8) is 0 Å². The van der Waals surface area contributed by atoms with Gasteiger partial charge in [0.1, 0.15) is 12.1 Å². The number of carboxylic acids is 1. The van der Waals surface area contributed by atoms with Crippen molar-refractivity contribution in [2.24, 2.45) is 17.2 Å². The van der Waals surface area contributed by atoms with Gasteiger partial charge in [0.15, 0.2) is 11.5 Å². The summed E-state index contributed by atoms with van der Waals surface area (Å²) in [6.07, 6.45) is 2.41. The Labute approximate surface area is 146 Å². The molecule has 0 aliphatic carbocycles. The van der Waals surface area contributed by atoms with Crippen molar-refractivity contribution in [3.05, 3.63) is 23.8 Å². The normalized spacial score (nSPS) is 12.5. The molecule has 0 saturated carbocycles. The molecule has 0 saturated heterocycles. The van der Waals surface area contributed by atoms with E-state index in [0.29, 0.717) is 18.5 Å². The number of aromatic hydroxyl groups is 2. The number of hydrogen-bond acceptors (Lipinski definition) is 8. The maximum atomic E-state index is 11.0. The molecule has 1 rings (SSSR count). The van der Waals surface area contributed by atoms with Crippen molar-refractivity contribution in [1.29, 1.82) is 0 Å². The molecule has 25 heavy (non-hydrogen) atoms. The molecule has 0 aliphatic rings. The topological polar surface area (TPSA) is 182 Å². The Kier molecular flexibility index (Phi) is 10.9. The Bertz CT molecular complexity index is 553. The second-order valence-electron chi connectivity index (χ2n) is 5.39. The first kappa shape index (κ1) is 22.6. The van der Waals surface area contributed by atoms with Crippen molar-refractivity contribution in [2.75, 3.05) is 13.7 Å². The zero-order valence-electron chi connectivity index (χ0n) is 14.2. The number of rotatable bonds is 8. The van der Waals surface area contributed by atoms with Crippen LogP contribution in [0, 0.1) is 0 Å². The predicted molar refractivity (Wildman–Crippen MR) is 92.0 cm³/mol. The van der Waals surface area contributed by atoms with Crippen molar-refractivity contribution >= 4 is 11.9 Å². The molecule has 1 aromatic rings. The highest BCUT2D eigenvalue weighted by molar-refractivity contribution is 5.75. The lowest BCUT2D eigenvalue weighted by Gasteiger charge is -2.09. The first-order chi connectivity index (χ1) is 11.7. The monoisotopic (exact) mass is 357 g/mol. The van der Waals surface area contributed by atoms with E-state index in [4.69, 9.17) is 27.4 Å². The minimum atomic E-state index is -0.933. The molecule has 0 bridgehead atoms. The summed E-state index contributed by atoms with van der Waals surface area (Å²) in [6, 6.07) is 2.80. The highest BCUT2D eigenvalue weighted by Gasteiger charge is 2.14. The van der Waals surface area contributed by atoms with E-state index in [0.717, 1.165) is 12.8 Å². The fourth-order valence-electron chi connectivity index (χ4n) is 1.82. The largest absolute Gasteiger partial charge is 0.504 e. The lowest BCUT2D eigenvalue weighted by atomic mass is 10.1. The van der Waals surface area contributed by atoms with Gasteiger partial charge < -0.3 is 37.3 Å². The standard InChI is InChI=1S/C10H13NO4.C6H14N2O2/c1-15-10(14)7(11)4-6-2-3-8(12)9(13)5-6;7-4-2-1-3-5(8)6(9)10/h2-3,5,7,12-13H,4,11H2,1H3;5H,1-4,7-8H2,(H,9,10)/t7-;5-/m00/s1. The number of nitrogens with two attached hydrogens (primary N) is 3. The van der Waals surface area contributed by atoms with Gasteiger partial charge in [-0.05, 0) is 43.5 Å². The zero-order valence-corrected chi connectivity index (χ0v) is 14.2. The molecule has 0 heterocycles. The van der Waals surface area contributed by atoms with E-state index >= 15 is 0 Å². The summed E-state index contributed by atoms with van der Waals surface area (Å²) >= 11 is 0. The number of methoxy groups -OCH3 is 1. The molecule has 9 heteroatoms. The first-order valence-corrected chi connectivity index (χ1v) is 7.75. The van der Waals surface area contributed by atoms with E-state index < -0.39 is 24.0 Å². The van der Waals surface area contributed by atoms with Crippen molar-refractivity contribution in [1.82, 2.24) is 0 Å². The van der Waals surface area contributed by atoms with Crippen LogP contribution in [0.1, 0.15) is 24.8 Å². The molecule has 142 valence electrons. The molecule has 0 aliphatic heterocycles. The number of esters is 1. The Morgan fingerprint density at radius 3 is 2.24 bits per heavy atom. The minimum Gasteiger partial charge on any atom is -0.504 e. The van der Waals surface area contributed by atoms with Gasteiger partial charge in [-0.15, -0.1) is 0 Å². The van der Waals surface area contributed by atoms with Gasteiger partial charge in [-0.3, -0.25) is 9.59 Å². The maximum absolute atomic E-state index is 11.0. The van der Waals surface area contributed by atoms with Crippen LogP contribution in [0.25, 0.3) is 0 Å². The number of benzene rings is 1. The van der Waals surface area contributed by atoms with E-state index in [2.05, 4.69) is 4.74 Å². The van der Waals surface area contributed by atoms with Gasteiger partial charge in [-0.25, -0.2) is 0 Å². The molecule has 1 aromatic carbocycles. The molecule has 0 fully saturated rings. The van der Waals surface area contributed by atoms with Crippen LogP contribution < -0.4 is 17.2 Å². The van der Waals surface area contributed by atoms with Gasteiger partial charge >= 0.3 is 11.9 Å². The van der Waals surface area contributed by atoms with Crippen LogP contribution in [0.4, 0.5) is 0 Å². The molecule has 9 nitrogen and oxygen atoms in total. The lowest BCUT2D eigenvalue weighted by molar-refractivity contribution is -0.142. The summed E-state index contributed by atoms with van der Waals surface area (Å²) in [5.74, 6) is -1.88. The highest BCUT2D eigenvalue weighted by atomic mass is 16.5. The maximum Gasteiger partial charge on any atom is 0.322 e. The van der Waals surface area contributed by atoms with Gasteiger partial charge in [0.05, 0.1) is 7.11 Å². The van der Waals surface area contributed by atoms with Gasteiger partial charge in [0.25, 0.3) is 0 Å². The number of phenols is 2. The Morgan fingerprint density at radius 2 is 1.76 bits per heavy atom. The number of hydrogen-bond donors (Lipinski definition) is 6. The number of carbonyl (C=O) groups is 2. The number of carbonyl (C=O) groups excluding carboxylic acids is 1. The predicted octanol–water partition coefficient (Wildman–Crippen LogP) is -0.332. The van der Waals surface area contributed by atoms with Crippen molar-refractivity contribution in [2.45, 2.75) is 37.8 Å². The summed E-state index contributed by atoms with van der Waals surface area (Å²) in [4.78, 5) is 21.1. The van der Waals surface area contributed by atoms with Crippen LogP contribution >= 0.6 is 0 Å². The van der Waals surface area contributed by atoms with Gasteiger partial charge in [0, 0.05) is 0 Å². The van der Waals surface area contributed by atoms with Crippen LogP contribution in [0.3, 0.4) is 0 Å². The van der Waals surface area contributed by atoms with E-state index in [1.54, 1.807) is 6.07 Å². The summed E-state index contributed by atoms with van der Waals surface area (Å²) < 4.78 is 4.46. The molecule has 0 aromatic heterocycles. The number of carboxylic acid groups (broad SMARTS) is 1. The second-order valence-corrected chi connectivity index (χ2v) is 5.39. The first-order valence-electron chi connectivity index (χ1n) is 7.75. The van der Waals surface area contributed by atoms with Crippen LogP contribution in [0.5, 0.6) is 11.5 Å². The quantitative estimate of drug-likeness (QED) is 0.206. The number of ether oxygens (including phenoxy) is 1. The average Bonchev–Trinajstić information content (AvgIpc) is 2.58. The minimum absolute atomic E-state index is 0.203. The summed E-state index contributed by atoms with van der Waals surface area (Å²) in [5, 5.41) is 26.6. The third-order valence-electron chi connectivity index (χ3n) is 3.29. The van der Waals surface area contributed by atoms with E-state index in [9.17, 15) is 14.7 Å². The third-order valence-corrected chi connectivity index (χ3v) is 3.29. The molecule has 0 radical (unpaired) electrons. The molecular weight excluding hydrogens is 330 g/mol. The lowest BCUT2D eigenvalue weighted by Crippen LogP contribution is -2.33. The number of aliphatic carboxylic acids is 1. The van der Waals surface area contributed by atoms with E-state index in [1.807, 2.05) is 0 Å². The van der Waals surface area contributed by atoms with Crippen LogP contribution in [0.15, 0.2) is 18.2 Å². The van der Waals surface area contributed by atoms with Crippen molar-refractivity contribution in [3.8, 4) is 11.5 Å². The number of phenolic OH excluding ortho intramolecular Hbond substituents is 2. The summed E-state index contributed by atoms with van der Waals surface area (Å²) in [5.41, 5.74) is 16.6. The zero-order chi connectivity index (χ0) is 19.4. The van der Waals surface area contributed by atoms with E-state index in [-0.39, 0.29) is 17.9 Å². The molecule has 2 atom stereocenters. The molecule has 9 N–H and O–H groups in total. The highest BCUT2D eigenvalue weighted by Crippen LogP contribution is 2.25. The molecule has 0 unspecified atom stereocenters. The van der Waals surface area contributed by atoms with Gasteiger partial charge in [-0.2, -0.15) is 0 Å². The van der Waals surface area contributed by atoms with Crippen LogP contribution in [-0.4, -0.2) is 53.0 Å². The molecule has 0 amide bonds. The second kappa shape index (κ2) is 12.1. The van der Waals surface area contributed by atoms with Gasteiger partial charge in [-0.1, -0.05) is 12.5 Å². The average molecular weight is 357 g/mol. The van der Waals surface area contributed by atoms with E-state index in [1.165, 1.54) is 19.2 Å². The Balaban J connectivity index is 0.000000504. The Morgan fingerprint density at radius 1 is 1.12 bits per heavy atom. The fourth-order valence-corrected chi connectivity index (χ4v) is 1.82. The third kappa shape index (κ3) is 9.50. The van der Waals surface area contributed by atoms with Crippen LogP contribution in [0.2, 0.25) is 0 Å². The van der Waals surface area contributed by atoms with Gasteiger partial charge in [0.2, 0.25) is 0 Å².